The molecule has 0 atom stereocenters. The van der Waals surface area contributed by atoms with E-state index in [4.69, 9.17) is 41.9 Å². The molecule has 0 fully saturated rings. The summed E-state index contributed by atoms with van der Waals surface area (Å²) < 4.78 is 4.47. The van der Waals surface area contributed by atoms with Crippen LogP contribution >= 0.6 is 31.9 Å². The number of carbonyl (C=O) groups excluding carboxylic acids is 1. The Bertz CT molecular complexity index is 558. The number of primary amides is 1. The molecule has 1 rings (SSSR count). The van der Waals surface area contributed by atoms with Gasteiger partial charge in [-0.1, -0.05) is 15.9 Å². The first kappa shape index (κ1) is 17.8. The third-order valence-electron chi connectivity index (χ3n) is 2.91. The lowest BCUT2D eigenvalue weighted by molar-refractivity contribution is 0.0994. The maximum absolute atomic E-state index is 11.5. The number of hydrogen-bond acceptors (Lipinski definition) is 2. The van der Waals surface area contributed by atoms with Gasteiger partial charge in [0.1, 0.15) is 21.4 Å². The molecule has 20 heavy (non-hydrogen) atoms. The van der Waals surface area contributed by atoms with Crippen LogP contribution in [0.25, 0.3) is 0 Å². The van der Waals surface area contributed by atoms with Gasteiger partial charge in [-0.2, -0.15) is 0 Å². The highest BCUT2D eigenvalue weighted by molar-refractivity contribution is 9.11. The highest BCUT2D eigenvalue weighted by atomic mass is 79.9. The number of rotatable bonds is 4. The molecule has 9 heteroatoms. The van der Waals surface area contributed by atoms with Crippen LogP contribution in [0.15, 0.2) is 10.5 Å². The van der Waals surface area contributed by atoms with Crippen molar-refractivity contribution < 1.29 is 9.53 Å². The van der Waals surface area contributed by atoms with Gasteiger partial charge in [-0.3, -0.25) is 4.79 Å². The number of nitrogens with two attached hydrogens (primary N) is 1. The predicted molar refractivity (Wildman–Crippen MR) is 90.2 cm³/mol. The van der Waals surface area contributed by atoms with E-state index in [2.05, 4.69) is 31.9 Å². The molecule has 0 spiro atoms. The van der Waals surface area contributed by atoms with Gasteiger partial charge in [-0.25, -0.2) is 0 Å². The van der Waals surface area contributed by atoms with Crippen LogP contribution < -0.4 is 10.5 Å². The molecule has 1 amide bonds. The van der Waals surface area contributed by atoms with Gasteiger partial charge in [0.2, 0.25) is 0 Å². The Kier molecular flexibility index (Phi) is 5.18. The van der Waals surface area contributed by atoms with Gasteiger partial charge in [0, 0.05) is 9.87 Å². The lowest BCUT2D eigenvalue weighted by Crippen LogP contribution is -2.57. The summed E-state index contributed by atoms with van der Waals surface area (Å²) in [6.07, 6.45) is 0. The van der Waals surface area contributed by atoms with Crippen molar-refractivity contribution in [2.75, 3.05) is 0 Å². The fourth-order valence-electron chi connectivity index (χ4n) is 1.41. The highest BCUT2D eigenvalue weighted by Crippen LogP contribution is 2.35. The van der Waals surface area contributed by atoms with Crippen LogP contribution in [0, 0.1) is 13.8 Å². The van der Waals surface area contributed by atoms with Crippen LogP contribution in [0.2, 0.25) is 0 Å². The first-order chi connectivity index (χ1) is 8.88. The number of ether oxygens (including phenoxy) is 1. The summed E-state index contributed by atoms with van der Waals surface area (Å²) in [5.41, 5.74) is 6.94. The van der Waals surface area contributed by atoms with E-state index in [0.717, 1.165) is 5.56 Å². The predicted octanol–water partition coefficient (Wildman–Crippen LogP) is 0.920. The van der Waals surface area contributed by atoms with E-state index in [9.17, 15) is 4.79 Å². The summed E-state index contributed by atoms with van der Waals surface area (Å²) in [4.78, 5) is 11.5. The first-order valence-electron chi connectivity index (χ1n) is 5.51. The Labute approximate surface area is 140 Å². The molecule has 8 radical (unpaired) electrons. The number of hydrogen-bond donors (Lipinski definition) is 1. The quantitative estimate of drug-likeness (QED) is 0.614. The van der Waals surface area contributed by atoms with E-state index in [1.807, 2.05) is 6.92 Å². The minimum absolute atomic E-state index is 0.122. The second kappa shape index (κ2) is 5.84. The Hall–Kier alpha value is -0.290. The zero-order valence-corrected chi connectivity index (χ0v) is 14.2. The molecule has 0 saturated carbocycles. The molecule has 0 aromatic heterocycles. The second-order valence-electron chi connectivity index (χ2n) is 4.51. The van der Waals surface area contributed by atoms with Crippen molar-refractivity contribution in [3.05, 3.63) is 27.2 Å². The maximum atomic E-state index is 11.5. The average molecular weight is 390 g/mol. The third kappa shape index (κ3) is 3.48. The van der Waals surface area contributed by atoms with Gasteiger partial charge in [-0.15, -0.1) is 15.9 Å². The van der Waals surface area contributed by atoms with E-state index >= 15 is 0 Å². The van der Waals surface area contributed by atoms with E-state index in [1.54, 1.807) is 6.92 Å². The standard InChI is InChI=1S/C11H9B4Br2NO2/c1-4-5(2)8(6(9(18)19)3-7(4)16)20-11(14,15)10(12,13)17/h3H,1-2H3,(H2,18,19). The molecule has 1 aromatic carbocycles. The van der Waals surface area contributed by atoms with Gasteiger partial charge in [0.15, 0.2) is 0 Å². The molecule has 1 aromatic rings. The lowest BCUT2D eigenvalue weighted by Gasteiger charge is -2.41. The smallest absolute Gasteiger partial charge is 0.252 e. The van der Waals surface area contributed by atoms with Crippen molar-refractivity contribution in [1.82, 2.24) is 0 Å². The van der Waals surface area contributed by atoms with E-state index in [0.29, 0.717) is 10.0 Å². The largest absolute Gasteiger partial charge is 0.506 e. The Morgan fingerprint density at radius 1 is 1.25 bits per heavy atom. The number of amides is 1. The van der Waals surface area contributed by atoms with Gasteiger partial charge in [0.25, 0.3) is 5.91 Å². The molecular weight excluding hydrogens is 381 g/mol. The molecule has 2 N–H and O–H groups in total. The second-order valence-corrected chi connectivity index (χ2v) is 6.68. The minimum Gasteiger partial charge on any atom is -0.506 e. The normalized spacial score (nSPS) is 12.2. The number of halogens is 2. The van der Waals surface area contributed by atoms with Gasteiger partial charge < -0.3 is 10.5 Å². The maximum Gasteiger partial charge on any atom is 0.252 e. The molecule has 0 aliphatic rings. The molecule has 96 valence electrons. The molecule has 0 unspecified atom stereocenters. The SMILES string of the molecule is [B]C([B])(Br)C([B])([B])Oc1c(C(N)=O)cc(Br)c(C)c1C. The zero-order chi connectivity index (χ0) is 15.9. The number of carbonyl (C=O) groups is 1. The van der Waals surface area contributed by atoms with Crippen molar-refractivity contribution in [3.8, 4) is 5.75 Å². The minimum atomic E-state index is -1.96. The van der Waals surface area contributed by atoms with Crippen LogP contribution in [0.5, 0.6) is 5.75 Å². The van der Waals surface area contributed by atoms with Gasteiger partial charge in [0.05, 0.1) is 21.3 Å². The molecule has 0 aliphatic carbocycles. The number of benzene rings is 1. The third-order valence-corrected chi connectivity index (χ3v) is 4.36. The fraction of sp³-hybridized carbons (Fsp3) is 0.364. The topological polar surface area (TPSA) is 52.3 Å². The molecule has 0 heterocycles. The van der Waals surface area contributed by atoms with Crippen molar-refractivity contribution in [2.24, 2.45) is 5.73 Å². The van der Waals surface area contributed by atoms with Crippen molar-refractivity contribution in [3.63, 3.8) is 0 Å². The summed E-state index contributed by atoms with van der Waals surface area (Å²) in [5, 5.41) is -1.96. The summed E-state index contributed by atoms with van der Waals surface area (Å²) in [7, 11) is 22.7. The Morgan fingerprint density at radius 3 is 2.15 bits per heavy atom. The summed E-state index contributed by atoms with van der Waals surface area (Å²) in [6.45, 7) is 3.57. The first-order valence-corrected chi connectivity index (χ1v) is 7.10. The van der Waals surface area contributed by atoms with Crippen LogP contribution in [0.3, 0.4) is 0 Å². The van der Waals surface area contributed by atoms with Crippen LogP contribution in [-0.2, 0) is 0 Å². The average Bonchev–Trinajstić information content (AvgIpc) is 2.27. The van der Waals surface area contributed by atoms with Gasteiger partial charge in [-0.05, 0) is 35.2 Å². The van der Waals surface area contributed by atoms with Crippen LogP contribution in [-0.4, -0.2) is 46.8 Å². The van der Waals surface area contributed by atoms with Crippen molar-refractivity contribution >= 4 is 69.2 Å². The Morgan fingerprint density at radius 2 is 1.75 bits per heavy atom. The highest BCUT2D eigenvalue weighted by Gasteiger charge is 2.35. The fourth-order valence-corrected chi connectivity index (χ4v) is 2.02. The Balaban J connectivity index is 3.45. The molecule has 0 aliphatic heterocycles. The summed E-state index contributed by atoms with van der Waals surface area (Å²) in [5.74, 6) is -0.545. The molecule has 0 bridgehead atoms. The monoisotopic (exact) mass is 389 g/mol. The summed E-state index contributed by atoms with van der Waals surface area (Å²) >= 11 is 6.27. The molecule has 0 saturated heterocycles. The lowest BCUT2D eigenvalue weighted by atomic mass is 9.45. The van der Waals surface area contributed by atoms with E-state index in [-0.39, 0.29) is 11.3 Å². The van der Waals surface area contributed by atoms with Crippen LogP contribution in [0.4, 0.5) is 0 Å². The number of alkyl halides is 1. The molecular formula is C11H9B4Br2NO2. The van der Waals surface area contributed by atoms with Crippen molar-refractivity contribution in [1.29, 1.82) is 0 Å². The summed E-state index contributed by atoms with van der Waals surface area (Å²) in [6, 6.07) is 1.53. The van der Waals surface area contributed by atoms with Crippen LogP contribution in [0.1, 0.15) is 21.5 Å². The van der Waals surface area contributed by atoms with Crippen molar-refractivity contribution in [2.45, 2.75) is 23.4 Å². The van der Waals surface area contributed by atoms with Gasteiger partial charge >= 0.3 is 0 Å². The molecule has 3 nitrogen and oxygen atoms in total. The van der Waals surface area contributed by atoms with E-state index in [1.165, 1.54) is 6.07 Å². The van der Waals surface area contributed by atoms with E-state index < -0.39 is 15.4 Å². The zero-order valence-electron chi connectivity index (χ0n) is 11.0.